The van der Waals surface area contributed by atoms with Gasteiger partial charge in [-0.3, -0.25) is 4.90 Å². The molecule has 0 radical (unpaired) electrons. The fraction of sp³-hybridized carbons (Fsp3) is 0.625. The molecule has 0 aromatic heterocycles. The third-order valence-corrected chi connectivity index (χ3v) is 4.19. The van der Waals surface area contributed by atoms with Gasteiger partial charge in [-0.15, -0.1) is 12.4 Å². The monoisotopic (exact) mass is 330 g/mol. The molecule has 22 heavy (non-hydrogen) atoms. The molecule has 0 saturated carbocycles. The molecule has 1 aliphatic rings. The Morgan fingerprint density at radius 2 is 1.95 bits per heavy atom. The molecule has 3 N–H and O–H groups in total. The van der Waals surface area contributed by atoms with Crippen LogP contribution in [0.25, 0.3) is 0 Å². The van der Waals surface area contributed by atoms with Gasteiger partial charge in [-0.05, 0) is 18.2 Å². The number of ether oxygens (including phenoxy) is 1. The normalized spacial score (nSPS) is 17.6. The minimum atomic E-state index is -0.360. The molecule has 1 saturated heterocycles. The van der Waals surface area contributed by atoms with E-state index in [-0.39, 0.29) is 36.2 Å². The van der Waals surface area contributed by atoms with Crippen molar-refractivity contribution in [3.05, 3.63) is 23.8 Å². The van der Waals surface area contributed by atoms with Crippen LogP contribution in [0.4, 0.5) is 0 Å². The van der Waals surface area contributed by atoms with Crippen molar-refractivity contribution in [2.45, 2.75) is 19.9 Å². The first-order valence-electron chi connectivity index (χ1n) is 7.42. The number of aliphatic hydroxyl groups excluding tert-OH is 1. The lowest BCUT2D eigenvalue weighted by Gasteiger charge is -2.43. The highest BCUT2D eigenvalue weighted by Crippen LogP contribution is 2.42. The summed E-state index contributed by atoms with van der Waals surface area (Å²) in [4.78, 5) is 2.32. The molecule has 0 bridgehead atoms. The number of aliphatic hydroxyl groups is 1. The molecule has 0 unspecified atom stereocenters. The van der Waals surface area contributed by atoms with E-state index in [0.717, 1.165) is 37.5 Å². The van der Waals surface area contributed by atoms with Gasteiger partial charge in [0.15, 0.2) is 0 Å². The number of piperazine rings is 1. The zero-order valence-corrected chi connectivity index (χ0v) is 14.3. The van der Waals surface area contributed by atoms with Crippen molar-refractivity contribution in [3.63, 3.8) is 0 Å². The number of halogens is 1. The van der Waals surface area contributed by atoms with E-state index in [1.54, 1.807) is 19.2 Å². The van der Waals surface area contributed by atoms with Crippen molar-refractivity contribution in [1.82, 2.24) is 10.2 Å². The molecular weight excluding hydrogens is 304 g/mol. The summed E-state index contributed by atoms with van der Waals surface area (Å²) >= 11 is 0. The average Bonchev–Trinajstić information content (AvgIpc) is 2.50. The Labute approximate surface area is 138 Å². The van der Waals surface area contributed by atoms with Gasteiger partial charge in [-0.2, -0.15) is 0 Å². The van der Waals surface area contributed by atoms with E-state index in [1.165, 1.54) is 0 Å². The highest BCUT2D eigenvalue weighted by atomic mass is 35.5. The molecule has 2 rings (SSSR count). The van der Waals surface area contributed by atoms with Gasteiger partial charge in [0, 0.05) is 49.8 Å². The highest BCUT2D eigenvalue weighted by molar-refractivity contribution is 5.85. The quantitative estimate of drug-likeness (QED) is 0.768. The van der Waals surface area contributed by atoms with Crippen LogP contribution in [0, 0.1) is 5.41 Å². The van der Waals surface area contributed by atoms with Gasteiger partial charge in [0.05, 0.1) is 7.11 Å². The third kappa shape index (κ3) is 4.04. The van der Waals surface area contributed by atoms with Gasteiger partial charge in [0.2, 0.25) is 0 Å². The number of phenols is 1. The molecule has 126 valence electrons. The highest BCUT2D eigenvalue weighted by Gasteiger charge is 2.37. The SMILES string of the molecule is COc1ccc(O)c([C@H](N2CCNCC2)C(C)(C)CO)c1.Cl. The molecule has 0 amide bonds. The van der Waals surface area contributed by atoms with Crippen LogP contribution in [0.1, 0.15) is 25.5 Å². The first-order valence-corrected chi connectivity index (χ1v) is 7.42. The van der Waals surface area contributed by atoms with Gasteiger partial charge < -0.3 is 20.3 Å². The Kier molecular flexibility index (Phi) is 6.94. The van der Waals surface area contributed by atoms with Crippen LogP contribution < -0.4 is 10.1 Å². The lowest BCUT2D eigenvalue weighted by molar-refractivity contribution is 0.0292. The van der Waals surface area contributed by atoms with Gasteiger partial charge in [0.25, 0.3) is 0 Å². The second kappa shape index (κ2) is 8.02. The Hall–Kier alpha value is -1.01. The van der Waals surface area contributed by atoms with Gasteiger partial charge >= 0.3 is 0 Å². The van der Waals surface area contributed by atoms with Crippen LogP contribution >= 0.6 is 12.4 Å². The van der Waals surface area contributed by atoms with E-state index in [9.17, 15) is 10.2 Å². The number of aromatic hydroxyl groups is 1. The summed E-state index contributed by atoms with van der Waals surface area (Å²) in [6.45, 7) is 7.73. The van der Waals surface area contributed by atoms with Crippen LogP contribution in [0.2, 0.25) is 0 Å². The zero-order valence-electron chi connectivity index (χ0n) is 13.5. The van der Waals surface area contributed by atoms with Crippen LogP contribution in [-0.2, 0) is 0 Å². The molecule has 1 aromatic carbocycles. The lowest BCUT2D eigenvalue weighted by Crippen LogP contribution is -2.49. The number of nitrogens with zero attached hydrogens (tertiary/aromatic N) is 1. The summed E-state index contributed by atoms with van der Waals surface area (Å²) in [5.74, 6) is 0.970. The van der Waals surface area contributed by atoms with Crippen LogP contribution in [-0.4, -0.2) is 55.0 Å². The number of phenolic OH excluding ortho intramolecular Hbond substituents is 1. The summed E-state index contributed by atoms with van der Waals surface area (Å²) in [5, 5.41) is 23.5. The van der Waals surface area contributed by atoms with Crippen LogP contribution in [0.15, 0.2) is 18.2 Å². The van der Waals surface area contributed by atoms with E-state index in [0.29, 0.717) is 0 Å². The smallest absolute Gasteiger partial charge is 0.120 e. The number of rotatable bonds is 5. The minimum absolute atomic E-state index is 0. The number of hydrogen-bond donors (Lipinski definition) is 3. The average molecular weight is 331 g/mol. The number of methoxy groups -OCH3 is 1. The van der Waals surface area contributed by atoms with Crippen molar-refractivity contribution in [2.75, 3.05) is 39.9 Å². The fourth-order valence-electron chi connectivity index (χ4n) is 3.02. The van der Waals surface area contributed by atoms with Crippen molar-refractivity contribution < 1.29 is 14.9 Å². The molecule has 1 atom stereocenters. The number of nitrogens with one attached hydrogen (secondary N) is 1. The molecule has 5 nitrogen and oxygen atoms in total. The topological polar surface area (TPSA) is 65.0 Å². The Balaban J connectivity index is 0.00000242. The van der Waals surface area contributed by atoms with Crippen LogP contribution in [0.3, 0.4) is 0 Å². The van der Waals surface area contributed by atoms with Gasteiger partial charge in [0.1, 0.15) is 11.5 Å². The predicted molar refractivity (Wildman–Crippen MR) is 90.0 cm³/mol. The second-order valence-electron chi connectivity index (χ2n) is 6.26. The molecule has 1 fully saturated rings. The summed E-state index contributed by atoms with van der Waals surface area (Å²) in [6.07, 6.45) is 0. The predicted octanol–water partition coefficient (Wildman–Crippen LogP) is 1.79. The Morgan fingerprint density at radius 1 is 1.32 bits per heavy atom. The van der Waals surface area contributed by atoms with Crippen molar-refractivity contribution >= 4 is 12.4 Å². The van der Waals surface area contributed by atoms with E-state index < -0.39 is 0 Å². The molecule has 6 heteroatoms. The van der Waals surface area contributed by atoms with Crippen molar-refractivity contribution in [2.24, 2.45) is 5.41 Å². The van der Waals surface area contributed by atoms with Crippen molar-refractivity contribution in [3.8, 4) is 11.5 Å². The zero-order chi connectivity index (χ0) is 15.5. The van der Waals surface area contributed by atoms with E-state index >= 15 is 0 Å². The maximum absolute atomic E-state index is 10.3. The van der Waals surface area contributed by atoms with Crippen molar-refractivity contribution in [1.29, 1.82) is 0 Å². The largest absolute Gasteiger partial charge is 0.508 e. The van der Waals surface area contributed by atoms with E-state index in [4.69, 9.17) is 4.74 Å². The summed E-state index contributed by atoms with van der Waals surface area (Å²) in [7, 11) is 1.62. The number of hydrogen-bond acceptors (Lipinski definition) is 5. The third-order valence-electron chi connectivity index (χ3n) is 4.19. The molecular formula is C16H27ClN2O3. The van der Waals surface area contributed by atoms with E-state index in [2.05, 4.69) is 10.2 Å². The Morgan fingerprint density at radius 3 is 2.50 bits per heavy atom. The summed E-state index contributed by atoms with van der Waals surface area (Å²) in [5.41, 5.74) is 0.455. The molecule has 0 aliphatic carbocycles. The second-order valence-corrected chi connectivity index (χ2v) is 6.26. The molecule has 1 heterocycles. The maximum Gasteiger partial charge on any atom is 0.120 e. The first kappa shape index (κ1) is 19.0. The summed E-state index contributed by atoms with van der Waals surface area (Å²) in [6, 6.07) is 5.23. The fourth-order valence-corrected chi connectivity index (χ4v) is 3.02. The number of benzene rings is 1. The maximum atomic E-state index is 10.3. The minimum Gasteiger partial charge on any atom is -0.508 e. The molecule has 0 spiro atoms. The van der Waals surface area contributed by atoms with Gasteiger partial charge in [-0.25, -0.2) is 0 Å². The van der Waals surface area contributed by atoms with E-state index in [1.807, 2.05) is 19.9 Å². The summed E-state index contributed by atoms with van der Waals surface area (Å²) < 4.78 is 5.29. The van der Waals surface area contributed by atoms with Crippen LogP contribution in [0.5, 0.6) is 11.5 Å². The van der Waals surface area contributed by atoms with Gasteiger partial charge in [-0.1, -0.05) is 13.8 Å². The standard InChI is InChI=1S/C16H26N2O3.ClH/c1-16(2,11-19)15(18-8-6-17-7-9-18)13-10-12(21-3)4-5-14(13)20;/h4-5,10,15,17,19-20H,6-9,11H2,1-3H3;1H/t15-;/m0./s1. The first-order chi connectivity index (χ1) is 9.99. The molecule has 1 aromatic rings. The molecule has 1 aliphatic heterocycles. The Bertz CT molecular complexity index is 476. The lowest BCUT2D eigenvalue weighted by atomic mass is 9.79.